The molecular formula is C21H22F3N5O2S. The fourth-order valence-corrected chi connectivity index (χ4v) is 4.14. The molecule has 1 aliphatic rings. The monoisotopic (exact) mass is 465 g/mol. The van der Waals surface area contributed by atoms with Gasteiger partial charge < -0.3 is 0 Å². The molecular weight excluding hydrogens is 443 g/mol. The number of alkyl halides is 2. The number of primary sulfonamides is 1. The molecule has 0 bridgehead atoms. The Kier molecular flexibility index (Phi) is 6.06. The van der Waals surface area contributed by atoms with E-state index in [0.717, 1.165) is 11.6 Å². The molecule has 0 spiro atoms. The van der Waals surface area contributed by atoms with Gasteiger partial charge >= 0.3 is 0 Å². The summed E-state index contributed by atoms with van der Waals surface area (Å²) in [6, 6.07) is 12.7. The van der Waals surface area contributed by atoms with Crippen LogP contribution < -0.4 is 5.14 Å². The van der Waals surface area contributed by atoms with Gasteiger partial charge in [0.25, 0.3) is 5.92 Å². The Hall–Kier alpha value is -2.76. The highest BCUT2D eigenvalue weighted by molar-refractivity contribution is 7.89. The normalized spacial score (nSPS) is 16.9. The van der Waals surface area contributed by atoms with Gasteiger partial charge in [-0.3, -0.25) is 4.90 Å². The number of piperidine rings is 1. The Morgan fingerprint density at radius 2 is 1.75 bits per heavy atom. The first-order chi connectivity index (χ1) is 15.1. The van der Waals surface area contributed by atoms with Crippen LogP contribution in [-0.2, 0) is 23.0 Å². The molecule has 0 aliphatic carbocycles. The molecule has 1 saturated heterocycles. The molecule has 0 atom stereocenters. The molecule has 0 amide bonds. The highest BCUT2D eigenvalue weighted by Crippen LogP contribution is 2.28. The number of halogens is 3. The Bertz CT molecular complexity index is 1210. The topological polar surface area (TPSA) is 94.1 Å². The van der Waals surface area contributed by atoms with Crippen molar-refractivity contribution in [3.05, 3.63) is 71.6 Å². The van der Waals surface area contributed by atoms with Gasteiger partial charge in [-0.05, 0) is 23.8 Å². The molecule has 0 saturated carbocycles. The summed E-state index contributed by atoms with van der Waals surface area (Å²) in [6.07, 6.45) is -0.106. The Morgan fingerprint density at radius 3 is 2.38 bits per heavy atom. The summed E-state index contributed by atoms with van der Waals surface area (Å²) in [7, 11) is -4.06. The van der Waals surface area contributed by atoms with E-state index in [-0.39, 0.29) is 43.1 Å². The lowest BCUT2D eigenvalue weighted by Crippen LogP contribution is -2.39. The lowest BCUT2D eigenvalue weighted by atomic mass is 10.1. The third kappa shape index (κ3) is 5.17. The zero-order valence-corrected chi connectivity index (χ0v) is 17.9. The minimum Gasteiger partial charge on any atom is -0.295 e. The predicted molar refractivity (Wildman–Crippen MR) is 111 cm³/mol. The SMILES string of the molecule is NS(=O)(=O)c1ccc(-n2nc(CN3CCC(F)(F)CC3)nc2Cc2ccccc2)c(F)c1. The summed E-state index contributed by atoms with van der Waals surface area (Å²) in [6.45, 7) is 0.682. The Balaban J connectivity index is 1.67. The van der Waals surface area contributed by atoms with Gasteiger partial charge in [-0.25, -0.2) is 36.4 Å². The summed E-state index contributed by atoms with van der Waals surface area (Å²) in [5.74, 6) is -2.66. The minimum atomic E-state index is -4.06. The second kappa shape index (κ2) is 8.64. The minimum absolute atomic E-state index is 0.0206. The maximum absolute atomic E-state index is 14.8. The van der Waals surface area contributed by atoms with Crippen molar-refractivity contribution >= 4 is 10.0 Å². The maximum Gasteiger partial charge on any atom is 0.250 e. The van der Waals surface area contributed by atoms with Crippen LogP contribution >= 0.6 is 0 Å². The fourth-order valence-electron chi connectivity index (χ4n) is 3.62. The van der Waals surface area contributed by atoms with Crippen molar-refractivity contribution in [2.24, 2.45) is 5.14 Å². The second-order valence-corrected chi connectivity index (χ2v) is 9.37. The molecule has 0 radical (unpaired) electrons. The molecule has 11 heteroatoms. The van der Waals surface area contributed by atoms with E-state index in [1.807, 2.05) is 35.2 Å². The van der Waals surface area contributed by atoms with Crippen LogP contribution in [0.1, 0.15) is 30.1 Å². The summed E-state index contributed by atoms with van der Waals surface area (Å²) >= 11 is 0. The third-order valence-corrected chi connectivity index (χ3v) is 6.26. The molecule has 7 nitrogen and oxygen atoms in total. The summed E-state index contributed by atoms with van der Waals surface area (Å²) < 4.78 is 66.1. The van der Waals surface area contributed by atoms with Crippen LogP contribution in [0.5, 0.6) is 0 Å². The van der Waals surface area contributed by atoms with Crippen LogP contribution in [0.15, 0.2) is 53.4 Å². The van der Waals surface area contributed by atoms with Crippen molar-refractivity contribution in [2.75, 3.05) is 13.1 Å². The first kappa shape index (κ1) is 22.4. The van der Waals surface area contributed by atoms with Crippen LogP contribution in [0, 0.1) is 5.82 Å². The van der Waals surface area contributed by atoms with Gasteiger partial charge in [0.15, 0.2) is 5.82 Å². The van der Waals surface area contributed by atoms with Gasteiger partial charge in [0, 0.05) is 32.4 Å². The second-order valence-electron chi connectivity index (χ2n) is 7.81. The number of aromatic nitrogens is 3. The summed E-state index contributed by atoms with van der Waals surface area (Å²) in [5, 5.41) is 9.50. The standard InChI is InChI=1S/C21H22F3N5O2S/c22-17-13-16(32(25,30)31)6-7-18(17)29-20(12-15-4-2-1-3-5-15)26-19(27-29)14-28-10-8-21(23,24)9-11-28/h1-7,13H,8-12,14H2,(H2,25,30,31). The molecule has 32 heavy (non-hydrogen) atoms. The first-order valence-electron chi connectivity index (χ1n) is 10.0. The van der Waals surface area contributed by atoms with Crippen molar-refractivity contribution in [2.45, 2.75) is 36.6 Å². The number of sulfonamides is 1. The van der Waals surface area contributed by atoms with E-state index >= 15 is 0 Å². The zero-order chi connectivity index (χ0) is 22.9. The highest BCUT2D eigenvalue weighted by Gasteiger charge is 2.34. The average Bonchev–Trinajstić information content (AvgIpc) is 3.11. The summed E-state index contributed by atoms with van der Waals surface area (Å²) in [4.78, 5) is 6.03. The molecule has 2 N–H and O–H groups in total. The smallest absolute Gasteiger partial charge is 0.250 e. The number of benzene rings is 2. The number of rotatable bonds is 6. The Labute approximate surface area is 183 Å². The number of likely N-dealkylation sites (tertiary alicyclic amines) is 1. The van der Waals surface area contributed by atoms with Crippen LogP contribution in [0.4, 0.5) is 13.2 Å². The van der Waals surface area contributed by atoms with Crippen LogP contribution in [0.3, 0.4) is 0 Å². The van der Waals surface area contributed by atoms with E-state index in [0.29, 0.717) is 18.1 Å². The van der Waals surface area contributed by atoms with Gasteiger partial charge in [0.1, 0.15) is 17.3 Å². The van der Waals surface area contributed by atoms with Crippen molar-refractivity contribution in [3.63, 3.8) is 0 Å². The Morgan fingerprint density at radius 1 is 1.06 bits per heavy atom. The van der Waals surface area contributed by atoms with E-state index in [2.05, 4.69) is 10.1 Å². The van der Waals surface area contributed by atoms with Crippen molar-refractivity contribution in [3.8, 4) is 5.69 Å². The molecule has 1 aromatic heterocycles. The molecule has 3 aromatic rings. The molecule has 1 fully saturated rings. The fraction of sp³-hybridized carbons (Fsp3) is 0.333. The quantitative estimate of drug-likeness (QED) is 0.604. The van der Waals surface area contributed by atoms with Gasteiger partial charge in [-0.1, -0.05) is 30.3 Å². The lowest BCUT2D eigenvalue weighted by Gasteiger charge is -2.30. The van der Waals surface area contributed by atoms with Gasteiger partial charge in [0.2, 0.25) is 10.0 Å². The summed E-state index contributed by atoms with van der Waals surface area (Å²) in [5.41, 5.74) is 0.944. The lowest BCUT2D eigenvalue weighted by molar-refractivity contribution is -0.0570. The average molecular weight is 466 g/mol. The largest absolute Gasteiger partial charge is 0.295 e. The molecule has 1 aliphatic heterocycles. The molecule has 4 rings (SSSR count). The number of hydrogen-bond donors (Lipinski definition) is 1. The number of hydrogen-bond acceptors (Lipinski definition) is 5. The van der Waals surface area contributed by atoms with E-state index in [1.165, 1.54) is 16.8 Å². The zero-order valence-electron chi connectivity index (χ0n) is 17.1. The molecule has 170 valence electrons. The van der Waals surface area contributed by atoms with Crippen molar-refractivity contribution < 1.29 is 21.6 Å². The highest BCUT2D eigenvalue weighted by atomic mass is 32.2. The van der Waals surface area contributed by atoms with Crippen LogP contribution in [0.25, 0.3) is 5.69 Å². The van der Waals surface area contributed by atoms with E-state index in [4.69, 9.17) is 5.14 Å². The van der Waals surface area contributed by atoms with Gasteiger partial charge in [0.05, 0.1) is 11.4 Å². The molecule has 0 unspecified atom stereocenters. The first-order valence-corrected chi connectivity index (χ1v) is 11.6. The number of nitrogens with zero attached hydrogens (tertiary/aromatic N) is 4. The van der Waals surface area contributed by atoms with Crippen molar-refractivity contribution in [1.29, 1.82) is 0 Å². The third-order valence-electron chi connectivity index (χ3n) is 5.35. The maximum atomic E-state index is 14.8. The van der Waals surface area contributed by atoms with Gasteiger partial charge in [-0.2, -0.15) is 0 Å². The van der Waals surface area contributed by atoms with Gasteiger partial charge in [-0.15, -0.1) is 5.10 Å². The predicted octanol–water partition coefficient (Wildman–Crippen LogP) is 2.88. The molecule has 2 heterocycles. The van der Waals surface area contributed by atoms with E-state index < -0.39 is 21.8 Å². The van der Waals surface area contributed by atoms with E-state index in [9.17, 15) is 21.6 Å². The van der Waals surface area contributed by atoms with E-state index in [1.54, 1.807) is 0 Å². The molecule has 2 aromatic carbocycles. The van der Waals surface area contributed by atoms with Crippen LogP contribution in [-0.4, -0.2) is 47.1 Å². The van der Waals surface area contributed by atoms with Crippen molar-refractivity contribution in [1.82, 2.24) is 19.7 Å². The van der Waals surface area contributed by atoms with Crippen LogP contribution in [0.2, 0.25) is 0 Å². The number of nitrogens with two attached hydrogens (primary N) is 1.